The highest BCUT2D eigenvalue weighted by Gasteiger charge is 2.11. The predicted molar refractivity (Wildman–Crippen MR) is 85.9 cm³/mol. The predicted octanol–water partition coefficient (Wildman–Crippen LogP) is 3.38. The van der Waals surface area contributed by atoms with E-state index < -0.39 is 0 Å². The fourth-order valence-corrected chi connectivity index (χ4v) is 2.84. The zero-order valence-corrected chi connectivity index (χ0v) is 13.5. The van der Waals surface area contributed by atoms with Crippen LogP contribution in [-0.2, 0) is 11.3 Å². The van der Waals surface area contributed by atoms with Crippen LogP contribution in [0.1, 0.15) is 19.2 Å². The molecule has 1 amide bonds. The van der Waals surface area contributed by atoms with Crippen LogP contribution in [0.3, 0.4) is 0 Å². The number of anilines is 1. The van der Waals surface area contributed by atoms with Crippen molar-refractivity contribution in [1.82, 2.24) is 14.8 Å². The largest absolute Gasteiger partial charge is 0.325 e. The first-order valence-electron chi connectivity index (χ1n) is 6.68. The van der Waals surface area contributed by atoms with Gasteiger partial charge in [0.2, 0.25) is 5.91 Å². The highest BCUT2D eigenvalue weighted by Crippen LogP contribution is 2.19. The van der Waals surface area contributed by atoms with Crippen LogP contribution in [-0.4, -0.2) is 26.4 Å². The van der Waals surface area contributed by atoms with Gasteiger partial charge in [0.1, 0.15) is 5.82 Å². The van der Waals surface area contributed by atoms with E-state index in [9.17, 15) is 4.79 Å². The van der Waals surface area contributed by atoms with Crippen LogP contribution in [0.25, 0.3) is 0 Å². The van der Waals surface area contributed by atoms with Crippen LogP contribution in [0.5, 0.6) is 0 Å². The van der Waals surface area contributed by atoms with Crippen molar-refractivity contribution in [1.29, 1.82) is 0 Å². The Morgan fingerprint density at radius 2 is 2.24 bits per heavy atom. The fraction of sp³-hybridized carbons (Fsp3) is 0.357. The lowest BCUT2D eigenvalue weighted by atomic mass is 10.3. The number of hydrogen-bond acceptors (Lipinski definition) is 4. The second kappa shape index (κ2) is 7.47. The first-order chi connectivity index (χ1) is 10.1. The number of benzene rings is 1. The molecule has 0 bridgehead atoms. The summed E-state index contributed by atoms with van der Waals surface area (Å²) >= 11 is 7.27. The first-order valence-corrected chi connectivity index (χ1v) is 8.04. The van der Waals surface area contributed by atoms with Gasteiger partial charge in [-0.25, -0.2) is 0 Å². The zero-order valence-electron chi connectivity index (χ0n) is 12.0. The van der Waals surface area contributed by atoms with E-state index in [2.05, 4.69) is 22.4 Å². The van der Waals surface area contributed by atoms with Gasteiger partial charge >= 0.3 is 0 Å². The summed E-state index contributed by atoms with van der Waals surface area (Å²) in [5.41, 5.74) is 0.694. The van der Waals surface area contributed by atoms with Crippen molar-refractivity contribution < 1.29 is 4.79 Å². The molecule has 0 fully saturated rings. The Morgan fingerprint density at radius 3 is 2.95 bits per heavy atom. The quantitative estimate of drug-likeness (QED) is 0.827. The van der Waals surface area contributed by atoms with Crippen molar-refractivity contribution in [2.75, 3.05) is 11.1 Å². The number of rotatable bonds is 6. The third kappa shape index (κ3) is 4.47. The number of amides is 1. The fourth-order valence-electron chi connectivity index (χ4n) is 1.84. The van der Waals surface area contributed by atoms with E-state index in [1.54, 1.807) is 24.3 Å². The lowest BCUT2D eigenvalue weighted by Crippen LogP contribution is -2.14. The molecule has 2 aromatic rings. The molecule has 0 saturated heterocycles. The number of thioether (sulfide) groups is 1. The van der Waals surface area contributed by atoms with E-state index in [0.29, 0.717) is 10.7 Å². The molecule has 2 rings (SSSR count). The second-order valence-electron chi connectivity index (χ2n) is 4.53. The molecule has 0 aliphatic heterocycles. The minimum absolute atomic E-state index is 0.0917. The average molecular weight is 325 g/mol. The summed E-state index contributed by atoms with van der Waals surface area (Å²) in [6.45, 7) is 4.87. The maximum absolute atomic E-state index is 11.9. The monoisotopic (exact) mass is 324 g/mol. The molecule has 5 nitrogen and oxygen atoms in total. The molecule has 7 heteroatoms. The van der Waals surface area contributed by atoms with Gasteiger partial charge in [-0.3, -0.25) is 4.79 Å². The molecule has 21 heavy (non-hydrogen) atoms. The SMILES string of the molecule is CCCn1c(C)nnc1SCC(=O)Nc1cccc(Cl)c1. The highest BCUT2D eigenvalue weighted by molar-refractivity contribution is 7.99. The van der Waals surface area contributed by atoms with Crippen LogP contribution in [0.15, 0.2) is 29.4 Å². The lowest BCUT2D eigenvalue weighted by Gasteiger charge is -2.07. The Kier molecular flexibility index (Phi) is 5.64. The summed E-state index contributed by atoms with van der Waals surface area (Å²) in [4.78, 5) is 11.9. The van der Waals surface area contributed by atoms with E-state index >= 15 is 0 Å². The van der Waals surface area contributed by atoms with Gasteiger partial charge in [-0.05, 0) is 31.5 Å². The van der Waals surface area contributed by atoms with E-state index in [4.69, 9.17) is 11.6 Å². The van der Waals surface area contributed by atoms with Crippen LogP contribution < -0.4 is 5.32 Å². The Bertz CT molecular complexity index is 629. The molecule has 0 spiro atoms. The Hall–Kier alpha value is -1.53. The number of hydrogen-bond donors (Lipinski definition) is 1. The Balaban J connectivity index is 1.92. The number of carbonyl (C=O) groups excluding carboxylic acids is 1. The average Bonchev–Trinajstić information content (AvgIpc) is 2.78. The van der Waals surface area contributed by atoms with Crippen molar-refractivity contribution in [2.24, 2.45) is 0 Å². The van der Waals surface area contributed by atoms with E-state index in [-0.39, 0.29) is 11.7 Å². The van der Waals surface area contributed by atoms with Gasteiger partial charge in [0, 0.05) is 17.3 Å². The molecular formula is C14H17ClN4OS. The number of aromatic nitrogens is 3. The molecular weight excluding hydrogens is 308 g/mol. The molecule has 1 N–H and O–H groups in total. The molecule has 0 atom stereocenters. The molecule has 0 aliphatic rings. The van der Waals surface area contributed by atoms with Crippen LogP contribution in [0, 0.1) is 6.92 Å². The van der Waals surface area contributed by atoms with Crippen molar-refractivity contribution in [3.8, 4) is 0 Å². The molecule has 0 saturated carbocycles. The maximum atomic E-state index is 11.9. The van der Waals surface area contributed by atoms with Crippen molar-refractivity contribution in [2.45, 2.75) is 32.0 Å². The summed E-state index contributed by atoms with van der Waals surface area (Å²) < 4.78 is 2.03. The summed E-state index contributed by atoms with van der Waals surface area (Å²) in [7, 11) is 0. The molecule has 112 valence electrons. The number of halogens is 1. The van der Waals surface area contributed by atoms with Gasteiger partial charge in [-0.1, -0.05) is 36.4 Å². The van der Waals surface area contributed by atoms with Crippen LogP contribution in [0.4, 0.5) is 5.69 Å². The van der Waals surface area contributed by atoms with Crippen LogP contribution >= 0.6 is 23.4 Å². The van der Waals surface area contributed by atoms with Crippen molar-refractivity contribution in [3.63, 3.8) is 0 Å². The number of aryl methyl sites for hydroxylation is 1. The van der Waals surface area contributed by atoms with Crippen molar-refractivity contribution in [3.05, 3.63) is 35.1 Å². The Labute approximate surface area is 133 Å². The van der Waals surface area contributed by atoms with Gasteiger partial charge < -0.3 is 9.88 Å². The third-order valence-electron chi connectivity index (χ3n) is 2.79. The van der Waals surface area contributed by atoms with E-state index in [0.717, 1.165) is 23.9 Å². The van der Waals surface area contributed by atoms with Gasteiger partial charge in [-0.2, -0.15) is 0 Å². The zero-order chi connectivity index (χ0) is 15.2. The summed E-state index contributed by atoms with van der Waals surface area (Å²) in [6, 6.07) is 7.08. The van der Waals surface area contributed by atoms with Gasteiger partial charge in [0.25, 0.3) is 0 Å². The maximum Gasteiger partial charge on any atom is 0.234 e. The number of nitrogens with one attached hydrogen (secondary N) is 1. The van der Waals surface area contributed by atoms with E-state index in [1.807, 2.05) is 11.5 Å². The molecule has 0 radical (unpaired) electrons. The van der Waals surface area contributed by atoms with Gasteiger partial charge in [-0.15, -0.1) is 10.2 Å². The topological polar surface area (TPSA) is 59.8 Å². The normalized spacial score (nSPS) is 10.6. The summed E-state index contributed by atoms with van der Waals surface area (Å²) in [6.07, 6.45) is 1.00. The molecule has 1 aromatic heterocycles. The minimum Gasteiger partial charge on any atom is -0.325 e. The standard InChI is InChI=1S/C14H17ClN4OS/c1-3-7-19-10(2)17-18-14(19)21-9-13(20)16-12-6-4-5-11(15)8-12/h4-6,8H,3,7,9H2,1-2H3,(H,16,20). The Morgan fingerprint density at radius 1 is 1.43 bits per heavy atom. The second-order valence-corrected chi connectivity index (χ2v) is 5.91. The van der Waals surface area contributed by atoms with Crippen molar-refractivity contribution >= 4 is 35.0 Å². The molecule has 0 aliphatic carbocycles. The van der Waals surface area contributed by atoms with Gasteiger partial charge in [0.15, 0.2) is 5.16 Å². The minimum atomic E-state index is -0.0917. The summed E-state index contributed by atoms with van der Waals surface area (Å²) in [5.74, 6) is 1.06. The first kappa shape index (κ1) is 15.9. The lowest BCUT2D eigenvalue weighted by molar-refractivity contribution is -0.113. The van der Waals surface area contributed by atoms with Crippen LogP contribution in [0.2, 0.25) is 5.02 Å². The van der Waals surface area contributed by atoms with E-state index in [1.165, 1.54) is 11.8 Å². The number of nitrogens with zero attached hydrogens (tertiary/aromatic N) is 3. The highest BCUT2D eigenvalue weighted by atomic mass is 35.5. The van der Waals surface area contributed by atoms with Gasteiger partial charge in [0.05, 0.1) is 5.75 Å². The number of carbonyl (C=O) groups is 1. The molecule has 0 unspecified atom stereocenters. The molecule has 1 heterocycles. The summed E-state index contributed by atoms with van der Waals surface area (Å²) in [5, 5.41) is 12.3. The smallest absolute Gasteiger partial charge is 0.234 e. The third-order valence-corrected chi connectivity index (χ3v) is 3.99. The molecule has 1 aromatic carbocycles.